The fourth-order valence-corrected chi connectivity index (χ4v) is 2.79. The summed E-state index contributed by atoms with van der Waals surface area (Å²) in [4.78, 5) is 16.3. The van der Waals surface area contributed by atoms with Crippen LogP contribution in [0.15, 0.2) is 48.5 Å². The first-order valence-corrected chi connectivity index (χ1v) is 8.90. The molecule has 0 aliphatic rings. The lowest BCUT2D eigenvalue weighted by Crippen LogP contribution is -2.40. The number of aliphatic hydroxyl groups is 1. The van der Waals surface area contributed by atoms with Crippen LogP contribution in [-0.4, -0.2) is 48.2 Å². The quantitative estimate of drug-likeness (QED) is 0.766. The Kier molecular flexibility index (Phi) is 7.63. The minimum atomic E-state index is -0.167. The number of hydrogen-bond donors (Lipinski definition) is 2. The Morgan fingerprint density at radius 1 is 1.00 bits per heavy atom. The van der Waals surface area contributed by atoms with Crippen molar-refractivity contribution >= 4 is 6.03 Å². The first-order chi connectivity index (χ1) is 12.5. The molecule has 140 valence electrons. The molecule has 26 heavy (non-hydrogen) atoms. The summed E-state index contributed by atoms with van der Waals surface area (Å²) in [5.41, 5.74) is 4.54. The van der Waals surface area contributed by atoms with Crippen molar-refractivity contribution in [2.75, 3.05) is 27.2 Å². The standard InChI is InChI=1S/C21H29N3O2/c1-17-8-10-18(11-9-17)15-24(12-13-25)21(26)22-14-19-6-4-5-7-20(19)16-23(2)3/h4-11,25H,12-16H2,1-3H3,(H,22,26). The first kappa shape index (κ1) is 19.9. The molecule has 2 rings (SSSR count). The molecule has 0 radical (unpaired) electrons. The predicted molar refractivity (Wildman–Crippen MR) is 105 cm³/mol. The number of nitrogens with zero attached hydrogens (tertiary/aromatic N) is 2. The fraction of sp³-hybridized carbons (Fsp3) is 0.381. The zero-order valence-corrected chi connectivity index (χ0v) is 15.9. The minimum Gasteiger partial charge on any atom is -0.395 e. The van der Waals surface area contributed by atoms with Crippen molar-refractivity contribution in [3.05, 3.63) is 70.8 Å². The first-order valence-electron chi connectivity index (χ1n) is 8.90. The number of urea groups is 1. The Morgan fingerprint density at radius 2 is 1.65 bits per heavy atom. The number of aliphatic hydroxyl groups excluding tert-OH is 1. The predicted octanol–water partition coefficient (Wildman–Crippen LogP) is 2.76. The van der Waals surface area contributed by atoms with E-state index < -0.39 is 0 Å². The highest BCUT2D eigenvalue weighted by Crippen LogP contribution is 2.11. The smallest absolute Gasteiger partial charge is 0.318 e. The molecule has 0 unspecified atom stereocenters. The summed E-state index contributed by atoms with van der Waals surface area (Å²) in [6.45, 7) is 4.06. The fourth-order valence-electron chi connectivity index (χ4n) is 2.79. The summed E-state index contributed by atoms with van der Waals surface area (Å²) in [6, 6.07) is 16.0. The summed E-state index contributed by atoms with van der Waals surface area (Å²) in [5.74, 6) is 0. The van der Waals surface area contributed by atoms with Gasteiger partial charge in [-0.3, -0.25) is 0 Å². The van der Waals surface area contributed by atoms with E-state index in [1.54, 1.807) is 4.90 Å². The van der Waals surface area contributed by atoms with E-state index in [4.69, 9.17) is 0 Å². The average molecular weight is 355 g/mol. The second kappa shape index (κ2) is 9.94. The van der Waals surface area contributed by atoms with E-state index in [2.05, 4.69) is 16.3 Å². The zero-order valence-electron chi connectivity index (χ0n) is 15.9. The molecule has 2 aromatic rings. The van der Waals surface area contributed by atoms with Gasteiger partial charge in [-0.1, -0.05) is 54.1 Å². The van der Waals surface area contributed by atoms with Gasteiger partial charge in [-0.2, -0.15) is 0 Å². The van der Waals surface area contributed by atoms with E-state index in [0.29, 0.717) is 19.6 Å². The maximum absolute atomic E-state index is 12.6. The van der Waals surface area contributed by atoms with Gasteiger partial charge in [0.2, 0.25) is 0 Å². The minimum absolute atomic E-state index is 0.0590. The largest absolute Gasteiger partial charge is 0.395 e. The molecule has 2 N–H and O–H groups in total. The highest BCUT2D eigenvalue weighted by atomic mass is 16.3. The zero-order chi connectivity index (χ0) is 18.9. The van der Waals surface area contributed by atoms with Crippen LogP contribution in [0, 0.1) is 6.92 Å². The number of carbonyl (C=O) groups excluding carboxylic acids is 1. The molecule has 0 fully saturated rings. The molecule has 0 heterocycles. The molecular formula is C21H29N3O2. The third kappa shape index (κ3) is 6.17. The molecule has 0 bridgehead atoms. The number of amides is 2. The highest BCUT2D eigenvalue weighted by Gasteiger charge is 2.14. The van der Waals surface area contributed by atoms with Crippen LogP contribution in [0.4, 0.5) is 4.79 Å². The van der Waals surface area contributed by atoms with Crippen molar-refractivity contribution in [2.24, 2.45) is 0 Å². The number of benzene rings is 2. The van der Waals surface area contributed by atoms with Crippen molar-refractivity contribution in [3.8, 4) is 0 Å². The van der Waals surface area contributed by atoms with E-state index >= 15 is 0 Å². The number of carbonyl (C=O) groups is 1. The molecule has 0 aliphatic heterocycles. The van der Waals surface area contributed by atoms with Gasteiger partial charge in [0.1, 0.15) is 0 Å². The number of nitrogens with one attached hydrogen (secondary N) is 1. The molecule has 0 saturated heterocycles. The van der Waals surface area contributed by atoms with Gasteiger partial charge in [0.15, 0.2) is 0 Å². The van der Waals surface area contributed by atoms with Crippen LogP contribution in [0.2, 0.25) is 0 Å². The molecule has 0 aromatic heterocycles. The van der Waals surface area contributed by atoms with Gasteiger partial charge in [-0.05, 0) is 37.7 Å². The summed E-state index contributed by atoms with van der Waals surface area (Å²) >= 11 is 0. The van der Waals surface area contributed by atoms with Crippen LogP contribution in [-0.2, 0) is 19.6 Å². The Bertz CT molecular complexity index is 699. The van der Waals surface area contributed by atoms with Gasteiger partial charge in [0.25, 0.3) is 0 Å². The van der Waals surface area contributed by atoms with Crippen molar-refractivity contribution in [2.45, 2.75) is 26.6 Å². The molecule has 2 aromatic carbocycles. The monoisotopic (exact) mass is 355 g/mol. The van der Waals surface area contributed by atoms with Crippen LogP contribution >= 0.6 is 0 Å². The number of aryl methyl sites for hydroxylation is 1. The molecule has 0 aliphatic carbocycles. The Balaban J connectivity index is 2.00. The molecule has 5 heteroatoms. The summed E-state index contributed by atoms with van der Waals surface area (Å²) in [5, 5.41) is 12.3. The summed E-state index contributed by atoms with van der Waals surface area (Å²) in [7, 11) is 4.06. The van der Waals surface area contributed by atoms with E-state index in [-0.39, 0.29) is 12.6 Å². The maximum atomic E-state index is 12.6. The van der Waals surface area contributed by atoms with E-state index in [1.165, 1.54) is 11.1 Å². The topological polar surface area (TPSA) is 55.8 Å². The molecule has 0 saturated carbocycles. The molecule has 0 atom stereocenters. The third-order valence-electron chi connectivity index (χ3n) is 4.19. The SMILES string of the molecule is Cc1ccc(CN(CCO)C(=O)NCc2ccccc2CN(C)C)cc1. The van der Waals surface area contributed by atoms with Crippen LogP contribution in [0.25, 0.3) is 0 Å². The van der Waals surface area contributed by atoms with Crippen LogP contribution in [0.3, 0.4) is 0 Å². The molecule has 5 nitrogen and oxygen atoms in total. The second-order valence-electron chi connectivity index (χ2n) is 6.80. The van der Waals surface area contributed by atoms with Crippen LogP contribution in [0.5, 0.6) is 0 Å². The summed E-state index contributed by atoms with van der Waals surface area (Å²) in [6.07, 6.45) is 0. The van der Waals surface area contributed by atoms with Gasteiger partial charge in [0.05, 0.1) is 6.61 Å². The van der Waals surface area contributed by atoms with Gasteiger partial charge in [-0.15, -0.1) is 0 Å². The van der Waals surface area contributed by atoms with Crippen molar-refractivity contribution in [1.29, 1.82) is 0 Å². The van der Waals surface area contributed by atoms with Crippen molar-refractivity contribution in [1.82, 2.24) is 15.1 Å². The number of hydrogen-bond acceptors (Lipinski definition) is 3. The second-order valence-corrected chi connectivity index (χ2v) is 6.80. The van der Waals surface area contributed by atoms with E-state index in [9.17, 15) is 9.90 Å². The van der Waals surface area contributed by atoms with Crippen molar-refractivity contribution < 1.29 is 9.90 Å². The maximum Gasteiger partial charge on any atom is 0.318 e. The Hall–Kier alpha value is -2.37. The lowest BCUT2D eigenvalue weighted by molar-refractivity contribution is 0.173. The van der Waals surface area contributed by atoms with Gasteiger partial charge in [-0.25, -0.2) is 4.79 Å². The van der Waals surface area contributed by atoms with Gasteiger partial charge < -0.3 is 20.2 Å². The normalized spacial score (nSPS) is 10.8. The van der Waals surface area contributed by atoms with Gasteiger partial charge in [0, 0.05) is 26.2 Å². The Morgan fingerprint density at radius 3 is 2.27 bits per heavy atom. The van der Waals surface area contributed by atoms with E-state index in [0.717, 1.165) is 17.7 Å². The van der Waals surface area contributed by atoms with Crippen molar-refractivity contribution in [3.63, 3.8) is 0 Å². The lowest BCUT2D eigenvalue weighted by Gasteiger charge is -2.23. The Labute approximate surface area is 156 Å². The third-order valence-corrected chi connectivity index (χ3v) is 4.19. The highest BCUT2D eigenvalue weighted by molar-refractivity contribution is 5.74. The molecular weight excluding hydrogens is 326 g/mol. The average Bonchev–Trinajstić information content (AvgIpc) is 2.61. The summed E-state index contributed by atoms with van der Waals surface area (Å²) < 4.78 is 0. The van der Waals surface area contributed by atoms with Crippen LogP contribution in [0.1, 0.15) is 22.3 Å². The van der Waals surface area contributed by atoms with E-state index in [1.807, 2.05) is 63.5 Å². The van der Waals surface area contributed by atoms with Crippen LogP contribution < -0.4 is 5.32 Å². The molecule has 2 amide bonds. The van der Waals surface area contributed by atoms with Gasteiger partial charge >= 0.3 is 6.03 Å². The number of rotatable bonds is 8. The molecule has 0 spiro atoms. The lowest BCUT2D eigenvalue weighted by atomic mass is 10.1.